The number of ketones is 1. The highest BCUT2D eigenvalue weighted by atomic mass is 35.5. The molecule has 3 fully saturated rings. The van der Waals surface area contributed by atoms with Gasteiger partial charge in [0, 0.05) is 56.0 Å². The van der Waals surface area contributed by atoms with Crippen LogP contribution >= 0.6 is 11.6 Å². The van der Waals surface area contributed by atoms with Crippen LogP contribution in [0.15, 0.2) is 12.1 Å². The van der Waals surface area contributed by atoms with Crippen molar-refractivity contribution in [2.45, 2.75) is 71.4 Å². The number of nitrogens with zero attached hydrogens (tertiary/aromatic N) is 2. The summed E-state index contributed by atoms with van der Waals surface area (Å²) in [4.78, 5) is 30.1. The summed E-state index contributed by atoms with van der Waals surface area (Å²) in [7, 11) is 0. The number of piperazine rings is 1. The van der Waals surface area contributed by atoms with Crippen molar-refractivity contribution in [3.63, 3.8) is 0 Å². The molecule has 5 nitrogen and oxygen atoms in total. The Morgan fingerprint density at radius 2 is 1.88 bits per heavy atom. The summed E-state index contributed by atoms with van der Waals surface area (Å²) in [5.74, 6) is 1.40. The predicted molar refractivity (Wildman–Crippen MR) is 129 cm³/mol. The number of amides is 1. The Morgan fingerprint density at radius 3 is 2.56 bits per heavy atom. The highest BCUT2D eigenvalue weighted by molar-refractivity contribution is 6.30. The molecule has 1 aromatic rings. The molecule has 2 heterocycles. The molecular weight excluding hydrogens is 422 g/mol. The number of rotatable bonds is 7. The van der Waals surface area contributed by atoms with E-state index in [9.17, 15) is 9.59 Å². The van der Waals surface area contributed by atoms with Crippen LogP contribution in [0.25, 0.3) is 0 Å². The van der Waals surface area contributed by atoms with E-state index < -0.39 is 0 Å². The summed E-state index contributed by atoms with van der Waals surface area (Å²) in [6.07, 6.45) is 6.73. The minimum Gasteiger partial charge on any atom is -0.337 e. The SMILES string of the molecule is Cc1c(CC(=O)CC2CCNC2)cc(Cl)cc1CN1CCN(C(=O)C2CCCC2)[C@@H](C)C1. The third kappa shape index (κ3) is 5.73. The summed E-state index contributed by atoms with van der Waals surface area (Å²) >= 11 is 6.47. The molecule has 2 saturated heterocycles. The van der Waals surface area contributed by atoms with Crippen molar-refractivity contribution in [1.29, 1.82) is 0 Å². The molecule has 1 N–H and O–H groups in total. The van der Waals surface area contributed by atoms with Crippen LogP contribution in [0.2, 0.25) is 5.02 Å². The van der Waals surface area contributed by atoms with Gasteiger partial charge in [0.2, 0.25) is 5.91 Å². The lowest BCUT2D eigenvalue weighted by molar-refractivity contribution is -0.140. The zero-order valence-electron chi connectivity index (χ0n) is 19.7. The number of halogens is 1. The minimum absolute atomic E-state index is 0.234. The topological polar surface area (TPSA) is 52.7 Å². The van der Waals surface area contributed by atoms with Gasteiger partial charge < -0.3 is 10.2 Å². The Morgan fingerprint density at radius 1 is 1.12 bits per heavy atom. The smallest absolute Gasteiger partial charge is 0.226 e. The van der Waals surface area contributed by atoms with E-state index in [1.165, 1.54) is 24.0 Å². The first-order chi connectivity index (χ1) is 15.4. The lowest BCUT2D eigenvalue weighted by atomic mass is 9.93. The van der Waals surface area contributed by atoms with Crippen molar-refractivity contribution in [2.24, 2.45) is 11.8 Å². The van der Waals surface area contributed by atoms with Gasteiger partial charge in [0.15, 0.2) is 0 Å². The van der Waals surface area contributed by atoms with Gasteiger partial charge in [0.25, 0.3) is 0 Å². The Labute approximate surface area is 197 Å². The lowest BCUT2D eigenvalue weighted by Crippen LogP contribution is -2.54. The first kappa shape index (κ1) is 23.7. The summed E-state index contributed by atoms with van der Waals surface area (Å²) in [6.45, 7) is 9.66. The van der Waals surface area contributed by atoms with E-state index in [1.54, 1.807) is 0 Å². The summed E-state index contributed by atoms with van der Waals surface area (Å²) < 4.78 is 0. The molecule has 1 saturated carbocycles. The average Bonchev–Trinajstić information content (AvgIpc) is 3.45. The van der Waals surface area contributed by atoms with Gasteiger partial charge in [0.1, 0.15) is 5.78 Å². The first-order valence-electron chi connectivity index (χ1n) is 12.4. The molecule has 0 radical (unpaired) electrons. The molecule has 176 valence electrons. The zero-order valence-corrected chi connectivity index (χ0v) is 20.4. The molecule has 2 aliphatic heterocycles. The van der Waals surface area contributed by atoms with Crippen molar-refractivity contribution in [3.8, 4) is 0 Å². The minimum atomic E-state index is 0.234. The molecule has 32 heavy (non-hydrogen) atoms. The van der Waals surface area contributed by atoms with Gasteiger partial charge in [-0.15, -0.1) is 0 Å². The molecule has 3 aliphatic rings. The third-order valence-electron chi connectivity index (χ3n) is 7.75. The predicted octanol–water partition coefficient (Wildman–Crippen LogP) is 3.98. The average molecular weight is 460 g/mol. The van der Waals surface area contributed by atoms with Crippen LogP contribution < -0.4 is 5.32 Å². The second-order valence-corrected chi connectivity index (χ2v) is 10.7. The van der Waals surface area contributed by atoms with Gasteiger partial charge in [-0.3, -0.25) is 14.5 Å². The van der Waals surface area contributed by atoms with Crippen molar-refractivity contribution in [1.82, 2.24) is 15.1 Å². The fourth-order valence-corrected chi connectivity index (χ4v) is 6.06. The zero-order chi connectivity index (χ0) is 22.7. The van der Waals surface area contributed by atoms with Gasteiger partial charge >= 0.3 is 0 Å². The quantitative estimate of drug-likeness (QED) is 0.670. The Hall–Kier alpha value is -1.43. The number of benzene rings is 1. The van der Waals surface area contributed by atoms with Gasteiger partial charge in [0.05, 0.1) is 0 Å². The molecule has 2 atom stereocenters. The Kier molecular flexibility index (Phi) is 7.91. The van der Waals surface area contributed by atoms with Crippen LogP contribution in [0.3, 0.4) is 0 Å². The summed E-state index contributed by atoms with van der Waals surface area (Å²) in [5, 5.41) is 4.05. The van der Waals surface area contributed by atoms with E-state index in [-0.39, 0.29) is 12.0 Å². The van der Waals surface area contributed by atoms with Crippen molar-refractivity contribution < 1.29 is 9.59 Å². The molecule has 1 aliphatic carbocycles. The normalized spacial score (nSPS) is 24.9. The number of hydrogen-bond donors (Lipinski definition) is 1. The fourth-order valence-electron chi connectivity index (χ4n) is 5.79. The second kappa shape index (κ2) is 10.7. The monoisotopic (exact) mass is 459 g/mol. The largest absolute Gasteiger partial charge is 0.337 e. The highest BCUT2D eigenvalue weighted by Gasteiger charge is 2.33. The molecule has 1 unspecified atom stereocenters. The lowest BCUT2D eigenvalue weighted by Gasteiger charge is -2.41. The molecule has 0 spiro atoms. The highest BCUT2D eigenvalue weighted by Crippen LogP contribution is 2.29. The second-order valence-electron chi connectivity index (χ2n) is 10.2. The standard InChI is InChI=1S/C26H38ClN3O2/c1-18-16-29(9-10-30(18)26(32)21-5-3-4-6-21)17-23-13-24(27)12-22(19(23)2)14-25(31)11-20-7-8-28-15-20/h12-13,18,20-21,28H,3-11,14-17H2,1-2H3/t18-,20?/m0/s1. The van der Waals surface area contributed by atoms with Gasteiger partial charge in [-0.05, 0) is 80.9 Å². The molecule has 6 heteroatoms. The van der Waals surface area contributed by atoms with Gasteiger partial charge in [-0.2, -0.15) is 0 Å². The maximum Gasteiger partial charge on any atom is 0.226 e. The van der Waals surface area contributed by atoms with Crippen LogP contribution in [0, 0.1) is 18.8 Å². The molecule has 4 rings (SSSR count). The van der Waals surface area contributed by atoms with E-state index in [4.69, 9.17) is 11.6 Å². The fraction of sp³-hybridized carbons (Fsp3) is 0.692. The van der Waals surface area contributed by atoms with Crippen LogP contribution in [0.5, 0.6) is 0 Å². The number of hydrogen-bond acceptors (Lipinski definition) is 4. The maximum absolute atomic E-state index is 12.9. The third-order valence-corrected chi connectivity index (χ3v) is 7.97. The molecular formula is C26H38ClN3O2. The molecule has 1 aromatic carbocycles. The number of nitrogens with one attached hydrogen (secondary N) is 1. The van der Waals surface area contributed by atoms with Gasteiger partial charge in [-0.25, -0.2) is 0 Å². The number of carbonyl (C=O) groups excluding carboxylic acids is 2. The maximum atomic E-state index is 12.9. The van der Waals surface area contributed by atoms with E-state index in [2.05, 4.69) is 29.0 Å². The van der Waals surface area contributed by atoms with E-state index >= 15 is 0 Å². The van der Waals surface area contributed by atoms with Crippen molar-refractivity contribution in [2.75, 3.05) is 32.7 Å². The molecule has 0 bridgehead atoms. The molecule has 0 aromatic heterocycles. The van der Waals surface area contributed by atoms with E-state index in [0.29, 0.717) is 35.5 Å². The summed E-state index contributed by atoms with van der Waals surface area (Å²) in [5.41, 5.74) is 3.45. The number of Topliss-reactive ketones (excluding diaryl/α,β-unsaturated/α-hetero) is 1. The summed E-state index contributed by atoms with van der Waals surface area (Å²) in [6, 6.07) is 4.25. The van der Waals surface area contributed by atoms with Crippen molar-refractivity contribution in [3.05, 3.63) is 33.8 Å². The van der Waals surface area contributed by atoms with Crippen LogP contribution in [0.1, 0.15) is 62.1 Å². The molecule has 1 amide bonds. The van der Waals surface area contributed by atoms with Gasteiger partial charge in [-0.1, -0.05) is 24.4 Å². The number of carbonyl (C=O) groups is 2. The van der Waals surface area contributed by atoms with E-state index in [1.807, 2.05) is 12.1 Å². The Balaban J connectivity index is 1.36. The van der Waals surface area contributed by atoms with Crippen LogP contribution in [-0.2, 0) is 22.6 Å². The van der Waals surface area contributed by atoms with E-state index in [0.717, 1.165) is 64.1 Å². The van der Waals surface area contributed by atoms with Crippen molar-refractivity contribution >= 4 is 23.3 Å². The van der Waals surface area contributed by atoms with Crippen LogP contribution in [0.4, 0.5) is 0 Å². The van der Waals surface area contributed by atoms with Crippen LogP contribution in [-0.4, -0.2) is 60.3 Å². The first-order valence-corrected chi connectivity index (χ1v) is 12.8. The Bertz CT molecular complexity index is 831.